The predicted molar refractivity (Wildman–Crippen MR) is 114 cm³/mol. The SMILES string of the molecule is Cc1cccc(Cn2c(C)c(CNCCC3=CCCCC3)c(C(=O)O)c2C)c1. The van der Waals surface area contributed by atoms with E-state index in [0.717, 1.165) is 29.9 Å². The summed E-state index contributed by atoms with van der Waals surface area (Å²) in [5.74, 6) is -0.838. The second kappa shape index (κ2) is 9.24. The number of carbonyl (C=O) groups is 1. The zero-order valence-corrected chi connectivity index (χ0v) is 17.3. The number of aromatic nitrogens is 1. The Labute approximate surface area is 168 Å². The molecular weight excluding hydrogens is 348 g/mol. The molecule has 1 aliphatic rings. The van der Waals surface area contributed by atoms with E-state index in [1.807, 2.05) is 13.8 Å². The van der Waals surface area contributed by atoms with E-state index in [1.54, 1.807) is 5.57 Å². The largest absolute Gasteiger partial charge is 0.478 e. The van der Waals surface area contributed by atoms with Crippen molar-refractivity contribution in [1.29, 1.82) is 0 Å². The van der Waals surface area contributed by atoms with Crippen LogP contribution >= 0.6 is 0 Å². The lowest BCUT2D eigenvalue weighted by atomic mass is 9.97. The van der Waals surface area contributed by atoms with Gasteiger partial charge < -0.3 is 15.0 Å². The van der Waals surface area contributed by atoms with E-state index in [1.165, 1.54) is 36.8 Å². The van der Waals surface area contributed by atoms with Crippen molar-refractivity contribution in [3.05, 3.63) is 69.6 Å². The van der Waals surface area contributed by atoms with Crippen LogP contribution in [0.4, 0.5) is 0 Å². The maximum absolute atomic E-state index is 11.9. The summed E-state index contributed by atoms with van der Waals surface area (Å²) in [7, 11) is 0. The molecule has 4 heteroatoms. The van der Waals surface area contributed by atoms with Crippen LogP contribution in [-0.2, 0) is 13.1 Å². The third-order valence-electron chi connectivity index (χ3n) is 5.86. The van der Waals surface area contributed by atoms with Gasteiger partial charge in [-0.05, 0) is 65.0 Å². The fourth-order valence-electron chi connectivity index (χ4n) is 4.27. The number of hydrogen-bond donors (Lipinski definition) is 2. The second-order valence-electron chi connectivity index (χ2n) is 7.94. The average molecular weight is 381 g/mol. The smallest absolute Gasteiger partial charge is 0.337 e. The van der Waals surface area contributed by atoms with Crippen molar-refractivity contribution in [2.45, 2.75) is 66.0 Å². The summed E-state index contributed by atoms with van der Waals surface area (Å²) < 4.78 is 2.14. The lowest BCUT2D eigenvalue weighted by molar-refractivity contribution is 0.0694. The van der Waals surface area contributed by atoms with Gasteiger partial charge in [0.2, 0.25) is 0 Å². The molecular formula is C24H32N2O2. The van der Waals surface area contributed by atoms with Crippen LogP contribution in [0.1, 0.15) is 70.5 Å². The summed E-state index contributed by atoms with van der Waals surface area (Å²) in [5, 5.41) is 13.3. The van der Waals surface area contributed by atoms with Gasteiger partial charge in [-0.3, -0.25) is 0 Å². The molecule has 0 atom stereocenters. The summed E-state index contributed by atoms with van der Waals surface area (Å²) >= 11 is 0. The minimum atomic E-state index is -0.838. The molecule has 1 aliphatic carbocycles. The van der Waals surface area contributed by atoms with Crippen molar-refractivity contribution >= 4 is 5.97 Å². The van der Waals surface area contributed by atoms with Gasteiger partial charge in [0, 0.05) is 30.0 Å². The van der Waals surface area contributed by atoms with Crippen molar-refractivity contribution in [2.75, 3.05) is 6.54 Å². The molecule has 1 heterocycles. The molecule has 0 bridgehead atoms. The number of rotatable bonds is 8. The number of allylic oxidation sites excluding steroid dienone is 1. The molecule has 1 aromatic heterocycles. The van der Waals surface area contributed by atoms with Gasteiger partial charge in [0.05, 0.1) is 5.56 Å². The van der Waals surface area contributed by atoms with Crippen LogP contribution in [0.25, 0.3) is 0 Å². The molecule has 0 fully saturated rings. The van der Waals surface area contributed by atoms with Gasteiger partial charge in [0.25, 0.3) is 0 Å². The summed E-state index contributed by atoms with van der Waals surface area (Å²) in [4.78, 5) is 11.9. The van der Waals surface area contributed by atoms with Gasteiger partial charge in [0.1, 0.15) is 0 Å². The number of aryl methyl sites for hydroxylation is 1. The standard InChI is InChI=1S/C24H32N2O2/c1-17-8-7-11-21(14-17)16-26-18(2)22(23(19(26)3)24(27)28)15-25-13-12-20-9-5-4-6-10-20/h7-9,11,14,25H,4-6,10,12-13,15-16H2,1-3H3,(H,27,28). The number of nitrogens with zero attached hydrogens (tertiary/aromatic N) is 1. The molecule has 2 aromatic rings. The number of hydrogen-bond acceptors (Lipinski definition) is 2. The molecule has 0 aliphatic heterocycles. The Morgan fingerprint density at radius 2 is 2.00 bits per heavy atom. The Hall–Kier alpha value is -2.33. The molecule has 28 heavy (non-hydrogen) atoms. The molecule has 0 saturated carbocycles. The number of carboxylic acid groups (broad SMARTS) is 1. The van der Waals surface area contributed by atoms with Gasteiger partial charge >= 0.3 is 5.97 Å². The van der Waals surface area contributed by atoms with Crippen molar-refractivity contribution in [3.8, 4) is 0 Å². The first-order valence-corrected chi connectivity index (χ1v) is 10.3. The first-order chi connectivity index (χ1) is 13.5. The molecule has 0 spiro atoms. The summed E-state index contributed by atoms with van der Waals surface area (Å²) in [6.07, 6.45) is 8.47. The molecule has 2 N–H and O–H groups in total. The van der Waals surface area contributed by atoms with E-state index < -0.39 is 5.97 Å². The van der Waals surface area contributed by atoms with Crippen molar-refractivity contribution < 1.29 is 9.90 Å². The Morgan fingerprint density at radius 3 is 2.68 bits per heavy atom. The van der Waals surface area contributed by atoms with E-state index in [2.05, 4.69) is 47.1 Å². The third-order valence-corrected chi connectivity index (χ3v) is 5.86. The minimum absolute atomic E-state index is 0.453. The number of benzene rings is 1. The topological polar surface area (TPSA) is 54.3 Å². The average Bonchev–Trinajstić information content (AvgIpc) is 2.90. The van der Waals surface area contributed by atoms with E-state index in [-0.39, 0.29) is 0 Å². The molecule has 0 amide bonds. The van der Waals surface area contributed by atoms with E-state index in [0.29, 0.717) is 18.7 Å². The molecule has 0 saturated heterocycles. The first-order valence-electron chi connectivity index (χ1n) is 10.3. The van der Waals surface area contributed by atoms with Crippen LogP contribution < -0.4 is 5.32 Å². The highest BCUT2D eigenvalue weighted by Gasteiger charge is 2.22. The van der Waals surface area contributed by atoms with Gasteiger partial charge in [-0.1, -0.05) is 41.5 Å². The van der Waals surface area contributed by atoms with Gasteiger partial charge in [-0.15, -0.1) is 0 Å². The monoisotopic (exact) mass is 380 g/mol. The normalized spacial score (nSPS) is 14.2. The molecule has 150 valence electrons. The van der Waals surface area contributed by atoms with Crippen LogP contribution in [0.5, 0.6) is 0 Å². The summed E-state index contributed by atoms with van der Waals surface area (Å²) in [6, 6.07) is 8.40. The molecule has 4 nitrogen and oxygen atoms in total. The van der Waals surface area contributed by atoms with Crippen LogP contribution in [0.3, 0.4) is 0 Å². The van der Waals surface area contributed by atoms with Crippen molar-refractivity contribution in [3.63, 3.8) is 0 Å². The van der Waals surface area contributed by atoms with Gasteiger partial charge in [0.15, 0.2) is 0 Å². The Kier molecular flexibility index (Phi) is 6.74. The second-order valence-corrected chi connectivity index (χ2v) is 7.94. The maximum atomic E-state index is 11.9. The third kappa shape index (κ3) is 4.74. The lowest BCUT2D eigenvalue weighted by Gasteiger charge is -2.13. The van der Waals surface area contributed by atoms with Crippen LogP contribution in [-0.4, -0.2) is 22.2 Å². The number of aromatic carboxylic acids is 1. The molecule has 3 rings (SSSR count). The first kappa shape index (κ1) is 20.4. The van der Waals surface area contributed by atoms with Gasteiger partial charge in [-0.25, -0.2) is 4.79 Å². The summed E-state index contributed by atoms with van der Waals surface area (Å²) in [5.41, 5.74) is 7.20. The van der Waals surface area contributed by atoms with E-state index >= 15 is 0 Å². The fraction of sp³-hybridized carbons (Fsp3) is 0.458. The predicted octanol–water partition coefficient (Wildman–Crippen LogP) is 5.14. The van der Waals surface area contributed by atoms with Crippen molar-refractivity contribution in [2.24, 2.45) is 0 Å². The highest BCUT2D eigenvalue weighted by atomic mass is 16.4. The maximum Gasteiger partial charge on any atom is 0.337 e. The minimum Gasteiger partial charge on any atom is -0.478 e. The van der Waals surface area contributed by atoms with Crippen LogP contribution in [0, 0.1) is 20.8 Å². The van der Waals surface area contributed by atoms with E-state index in [4.69, 9.17) is 0 Å². The lowest BCUT2D eigenvalue weighted by Crippen LogP contribution is -2.18. The fourth-order valence-corrected chi connectivity index (χ4v) is 4.27. The van der Waals surface area contributed by atoms with Crippen LogP contribution in [0.2, 0.25) is 0 Å². The zero-order chi connectivity index (χ0) is 20.1. The van der Waals surface area contributed by atoms with E-state index in [9.17, 15) is 9.90 Å². The number of nitrogens with one attached hydrogen (secondary N) is 1. The highest BCUT2D eigenvalue weighted by Crippen LogP contribution is 2.24. The zero-order valence-electron chi connectivity index (χ0n) is 17.3. The molecule has 0 radical (unpaired) electrons. The Morgan fingerprint density at radius 1 is 1.18 bits per heavy atom. The molecule has 0 unspecified atom stereocenters. The van der Waals surface area contributed by atoms with Crippen LogP contribution in [0.15, 0.2) is 35.9 Å². The van der Waals surface area contributed by atoms with Crippen molar-refractivity contribution in [1.82, 2.24) is 9.88 Å². The highest BCUT2D eigenvalue weighted by molar-refractivity contribution is 5.91. The number of carboxylic acids is 1. The van der Waals surface area contributed by atoms with Gasteiger partial charge in [-0.2, -0.15) is 0 Å². The summed E-state index contributed by atoms with van der Waals surface area (Å²) in [6.45, 7) is 8.23. The molecule has 1 aromatic carbocycles. The Balaban J connectivity index is 1.74. The Bertz CT molecular complexity index is 877. The quantitative estimate of drug-likeness (QED) is 0.492.